The number of unbranched alkanes of at least 4 members (excludes halogenated alkanes) is 12. The molecule has 32 heavy (non-hydrogen) atoms. The number of carboxylic acids is 3. The van der Waals surface area contributed by atoms with Crippen LogP contribution in [0.1, 0.15) is 110 Å². The molecule has 0 unspecified atom stereocenters. The Hall–Kier alpha value is -0.890. The molecular weight excluding hydrogens is 423 g/mol. The standard InChI is InChI=1S/C18H35.C6H8O7.Na/c1-3-5-7-9-11-13-15-17-18-16-14-12-10-8-6-4-2;7-3(8)1-6(13,5(11)12)2-4(9)10;/h17-18H,1,3-16H2,2H3;13H,1-2H2,(H,7,8)(H,9,10)(H,11,12);/q-1;;+1/b18-17-;;. The van der Waals surface area contributed by atoms with E-state index in [1.54, 1.807) is 0 Å². The Kier molecular flexibility index (Phi) is 27.6. The van der Waals surface area contributed by atoms with Gasteiger partial charge in [-0.05, 0) is 25.7 Å². The van der Waals surface area contributed by atoms with Crippen molar-refractivity contribution >= 4 is 17.9 Å². The molecule has 8 heteroatoms. The molecule has 4 N–H and O–H groups in total. The number of rotatable bonds is 19. The predicted octanol–water partition coefficient (Wildman–Crippen LogP) is 2.61. The number of carboxylic acid groups (broad SMARTS) is 3. The van der Waals surface area contributed by atoms with Gasteiger partial charge in [-0.2, -0.15) is 6.42 Å². The van der Waals surface area contributed by atoms with Crippen LogP contribution in [0.4, 0.5) is 0 Å². The molecule has 0 atom stereocenters. The summed E-state index contributed by atoms with van der Waals surface area (Å²) in [6.07, 6.45) is 21.6. The van der Waals surface area contributed by atoms with E-state index in [0.717, 1.165) is 6.42 Å². The molecule has 0 spiro atoms. The van der Waals surface area contributed by atoms with Crippen LogP contribution in [0.15, 0.2) is 12.2 Å². The van der Waals surface area contributed by atoms with Crippen LogP contribution < -0.4 is 29.6 Å². The van der Waals surface area contributed by atoms with E-state index in [1.165, 1.54) is 83.5 Å². The quantitative estimate of drug-likeness (QED) is 0.0995. The van der Waals surface area contributed by atoms with Gasteiger partial charge >= 0.3 is 47.5 Å². The van der Waals surface area contributed by atoms with Gasteiger partial charge < -0.3 is 27.3 Å². The van der Waals surface area contributed by atoms with Crippen LogP contribution in [-0.4, -0.2) is 43.9 Å². The third-order valence-electron chi connectivity index (χ3n) is 4.80. The summed E-state index contributed by atoms with van der Waals surface area (Å²) in [6.45, 7) is 6.15. The SMILES string of the molecule is O=C(O)CC(O)(CC(=O)O)C(=O)O.[CH2-]CCCCCCC/C=C\CCCCCCCC.[Na+]. The molecule has 0 rings (SSSR count). The summed E-state index contributed by atoms with van der Waals surface area (Å²) in [4.78, 5) is 30.5. The van der Waals surface area contributed by atoms with Crippen molar-refractivity contribution in [3.05, 3.63) is 19.1 Å². The zero-order valence-corrected chi connectivity index (χ0v) is 22.2. The van der Waals surface area contributed by atoms with Crippen molar-refractivity contribution in [3.63, 3.8) is 0 Å². The molecule has 0 aliphatic heterocycles. The topological polar surface area (TPSA) is 132 Å². The van der Waals surface area contributed by atoms with E-state index in [0.29, 0.717) is 0 Å². The van der Waals surface area contributed by atoms with E-state index in [4.69, 9.17) is 20.4 Å². The average Bonchev–Trinajstić information content (AvgIpc) is 2.67. The molecule has 0 saturated carbocycles. The zero-order valence-electron chi connectivity index (χ0n) is 20.2. The average molecular weight is 467 g/mol. The molecular formula is C24H43NaO7. The van der Waals surface area contributed by atoms with Crippen molar-refractivity contribution < 1.29 is 64.4 Å². The van der Waals surface area contributed by atoms with Crippen LogP contribution in [0.3, 0.4) is 0 Å². The van der Waals surface area contributed by atoms with Gasteiger partial charge in [0.2, 0.25) is 0 Å². The second-order valence-corrected chi connectivity index (χ2v) is 7.92. The minimum Gasteiger partial charge on any atom is -0.481 e. The summed E-state index contributed by atoms with van der Waals surface area (Å²) in [5.41, 5.74) is -2.74. The molecule has 0 amide bonds. The maximum atomic E-state index is 10.3. The van der Waals surface area contributed by atoms with Crippen molar-refractivity contribution in [3.8, 4) is 0 Å². The van der Waals surface area contributed by atoms with Crippen LogP contribution >= 0.6 is 0 Å². The van der Waals surface area contributed by atoms with Gasteiger partial charge in [-0.3, -0.25) is 9.59 Å². The molecule has 0 heterocycles. The van der Waals surface area contributed by atoms with Gasteiger partial charge in [0.1, 0.15) is 0 Å². The van der Waals surface area contributed by atoms with Gasteiger partial charge in [-0.25, -0.2) is 4.79 Å². The van der Waals surface area contributed by atoms with Gasteiger partial charge in [0.15, 0.2) is 5.60 Å². The van der Waals surface area contributed by atoms with Crippen LogP contribution in [0.2, 0.25) is 0 Å². The summed E-state index contributed by atoms with van der Waals surface area (Å²) >= 11 is 0. The summed E-state index contributed by atoms with van der Waals surface area (Å²) in [5.74, 6) is -5.02. The second kappa shape index (κ2) is 24.7. The summed E-state index contributed by atoms with van der Waals surface area (Å²) in [7, 11) is 0. The van der Waals surface area contributed by atoms with Crippen LogP contribution in [0.5, 0.6) is 0 Å². The molecule has 0 aromatic rings. The van der Waals surface area contributed by atoms with Crippen LogP contribution in [0, 0.1) is 6.92 Å². The maximum Gasteiger partial charge on any atom is 1.00 e. The molecule has 0 bridgehead atoms. The zero-order chi connectivity index (χ0) is 24.0. The predicted molar refractivity (Wildman–Crippen MR) is 122 cm³/mol. The molecule has 7 nitrogen and oxygen atoms in total. The first-order chi connectivity index (χ1) is 14.7. The Balaban J connectivity index is -0.000000535. The molecule has 0 aliphatic carbocycles. The monoisotopic (exact) mass is 466 g/mol. The fourth-order valence-electron chi connectivity index (χ4n) is 2.96. The number of carbonyl (C=O) groups is 3. The smallest absolute Gasteiger partial charge is 0.481 e. The third-order valence-corrected chi connectivity index (χ3v) is 4.80. The van der Waals surface area contributed by atoms with Crippen LogP contribution in [-0.2, 0) is 14.4 Å². The maximum absolute atomic E-state index is 10.3. The van der Waals surface area contributed by atoms with E-state index in [2.05, 4.69) is 26.0 Å². The summed E-state index contributed by atoms with van der Waals surface area (Å²) < 4.78 is 0. The summed E-state index contributed by atoms with van der Waals surface area (Å²) in [6, 6.07) is 0. The third kappa shape index (κ3) is 25.4. The number of allylic oxidation sites excluding steroid dienone is 2. The molecule has 0 fully saturated rings. The summed E-state index contributed by atoms with van der Waals surface area (Å²) in [5, 5.41) is 33.8. The Morgan fingerprint density at radius 2 is 1.09 bits per heavy atom. The first-order valence-electron chi connectivity index (χ1n) is 11.5. The fourth-order valence-corrected chi connectivity index (χ4v) is 2.96. The Labute approximate surface area is 216 Å². The Morgan fingerprint density at radius 3 is 1.44 bits per heavy atom. The molecule has 182 valence electrons. The largest absolute Gasteiger partial charge is 1.00 e. The number of hydrogen-bond acceptors (Lipinski definition) is 4. The van der Waals surface area contributed by atoms with Crippen molar-refractivity contribution in [2.45, 2.75) is 115 Å². The van der Waals surface area contributed by atoms with Gasteiger partial charge in [0.05, 0.1) is 12.8 Å². The first kappa shape index (κ1) is 35.7. The molecule has 0 aliphatic rings. The minimum absolute atomic E-state index is 0. The molecule has 0 aromatic carbocycles. The molecule has 0 radical (unpaired) electrons. The van der Waals surface area contributed by atoms with Crippen molar-refractivity contribution in [1.29, 1.82) is 0 Å². The second-order valence-electron chi connectivity index (χ2n) is 7.92. The fraction of sp³-hybridized carbons (Fsp3) is 0.750. The van der Waals surface area contributed by atoms with Crippen molar-refractivity contribution in [2.75, 3.05) is 0 Å². The number of aliphatic carboxylic acids is 3. The van der Waals surface area contributed by atoms with E-state index in [-0.39, 0.29) is 29.6 Å². The van der Waals surface area contributed by atoms with Gasteiger partial charge in [-0.1, -0.05) is 76.9 Å². The van der Waals surface area contributed by atoms with E-state index < -0.39 is 36.4 Å². The molecule has 0 aromatic heterocycles. The Morgan fingerprint density at radius 1 is 0.719 bits per heavy atom. The van der Waals surface area contributed by atoms with Gasteiger partial charge in [-0.15, -0.1) is 0 Å². The first-order valence-corrected chi connectivity index (χ1v) is 11.5. The van der Waals surface area contributed by atoms with E-state index >= 15 is 0 Å². The van der Waals surface area contributed by atoms with Gasteiger partial charge in [0, 0.05) is 0 Å². The Bertz CT molecular complexity index is 473. The van der Waals surface area contributed by atoms with Crippen LogP contribution in [0.25, 0.3) is 0 Å². The van der Waals surface area contributed by atoms with Crippen molar-refractivity contribution in [1.82, 2.24) is 0 Å². The normalized spacial score (nSPS) is 10.8. The van der Waals surface area contributed by atoms with Gasteiger partial charge in [0.25, 0.3) is 0 Å². The number of hydrogen-bond donors (Lipinski definition) is 4. The van der Waals surface area contributed by atoms with E-state index in [9.17, 15) is 14.4 Å². The minimum atomic E-state index is -2.74. The molecule has 0 saturated heterocycles. The van der Waals surface area contributed by atoms with Crippen molar-refractivity contribution in [2.24, 2.45) is 0 Å². The number of aliphatic hydroxyl groups is 1. The van der Waals surface area contributed by atoms with E-state index in [1.807, 2.05) is 0 Å².